The van der Waals surface area contributed by atoms with Crippen molar-refractivity contribution in [1.82, 2.24) is 5.32 Å². The number of rotatable bonds is 9. The Morgan fingerprint density at radius 1 is 0.833 bits per heavy atom. The third kappa shape index (κ3) is 15.9. The first-order valence-corrected chi connectivity index (χ1v) is 7.13. The van der Waals surface area contributed by atoms with E-state index in [0.717, 1.165) is 45.8 Å². The van der Waals surface area contributed by atoms with Crippen LogP contribution in [-0.4, -0.2) is 38.5 Å². The second kappa shape index (κ2) is 8.89. The average Bonchev–Trinajstić information content (AvgIpc) is 2.17. The molecule has 0 aromatic rings. The molecular weight excluding hydrogens is 226 g/mol. The first-order chi connectivity index (χ1) is 8.21. The molecule has 0 spiro atoms. The summed E-state index contributed by atoms with van der Waals surface area (Å²) in [5.41, 5.74) is 0.335. The smallest absolute Gasteiger partial charge is 0.0598 e. The molecule has 3 heteroatoms. The Labute approximate surface area is 114 Å². The molecule has 110 valence electrons. The molecule has 0 bridgehead atoms. The van der Waals surface area contributed by atoms with E-state index in [2.05, 4.69) is 46.9 Å². The van der Waals surface area contributed by atoms with Gasteiger partial charge in [-0.1, -0.05) is 20.8 Å². The van der Waals surface area contributed by atoms with Crippen LogP contribution in [0.25, 0.3) is 0 Å². The summed E-state index contributed by atoms with van der Waals surface area (Å²) in [6.45, 7) is 17.5. The first-order valence-electron chi connectivity index (χ1n) is 7.13. The van der Waals surface area contributed by atoms with E-state index in [1.807, 2.05) is 0 Å². The molecule has 3 nitrogen and oxygen atoms in total. The van der Waals surface area contributed by atoms with Crippen LogP contribution in [0.1, 0.15) is 54.4 Å². The van der Waals surface area contributed by atoms with E-state index in [4.69, 9.17) is 9.47 Å². The molecule has 0 radical (unpaired) electrons. The maximum Gasteiger partial charge on any atom is 0.0598 e. The van der Waals surface area contributed by atoms with Gasteiger partial charge in [-0.3, -0.25) is 0 Å². The van der Waals surface area contributed by atoms with Crippen molar-refractivity contribution in [3.8, 4) is 0 Å². The highest BCUT2D eigenvalue weighted by Gasteiger charge is 2.09. The Hall–Kier alpha value is -0.120. The average molecular weight is 259 g/mol. The lowest BCUT2D eigenvalue weighted by atomic mass is 9.97. The van der Waals surface area contributed by atoms with Crippen LogP contribution in [0.5, 0.6) is 0 Å². The van der Waals surface area contributed by atoms with Crippen LogP contribution in [0.15, 0.2) is 0 Å². The van der Waals surface area contributed by atoms with Crippen molar-refractivity contribution in [2.45, 2.75) is 60.0 Å². The number of ether oxygens (including phenoxy) is 2. The molecule has 0 amide bonds. The lowest BCUT2D eigenvalue weighted by Gasteiger charge is -2.19. The second-order valence-electron chi connectivity index (χ2n) is 7.02. The van der Waals surface area contributed by atoms with Gasteiger partial charge in [0, 0.05) is 19.8 Å². The summed E-state index contributed by atoms with van der Waals surface area (Å²) in [5, 5.41) is 3.44. The van der Waals surface area contributed by atoms with Crippen molar-refractivity contribution in [3.63, 3.8) is 0 Å². The molecule has 0 heterocycles. The molecule has 0 atom stereocenters. The van der Waals surface area contributed by atoms with Gasteiger partial charge in [0.1, 0.15) is 0 Å². The third-order valence-electron chi connectivity index (χ3n) is 2.27. The molecule has 0 fully saturated rings. The van der Waals surface area contributed by atoms with Crippen molar-refractivity contribution >= 4 is 0 Å². The van der Waals surface area contributed by atoms with Gasteiger partial charge >= 0.3 is 0 Å². The van der Waals surface area contributed by atoms with Gasteiger partial charge in [-0.05, 0) is 52.1 Å². The molecule has 0 aliphatic heterocycles. The maximum absolute atomic E-state index is 5.62. The largest absolute Gasteiger partial charge is 0.381 e. The monoisotopic (exact) mass is 259 g/mol. The zero-order valence-corrected chi connectivity index (χ0v) is 13.3. The Kier molecular flexibility index (Phi) is 8.83. The third-order valence-corrected chi connectivity index (χ3v) is 2.27. The van der Waals surface area contributed by atoms with Crippen LogP contribution >= 0.6 is 0 Å². The Balaban J connectivity index is 3.13. The maximum atomic E-state index is 5.62. The Morgan fingerprint density at radius 3 is 2.00 bits per heavy atom. The minimum absolute atomic E-state index is 0.0309. The minimum atomic E-state index is -0.0309. The SMILES string of the molecule is CC(C)(C)CNCCCOCCCOC(C)(C)C. The highest BCUT2D eigenvalue weighted by Crippen LogP contribution is 2.10. The van der Waals surface area contributed by atoms with Crippen LogP contribution in [0.4, 0.5) is 0 Å². The van der Waals surface area contributed by atoms with Gasteiger partial charge in [0.2, 0.25) is 0 Å². The van der Waals surface area contributed by atoms with Gasteiger partial charge in [-0.25, -0.2) is 0 Å². The summed E-state index contributed by atoms with van der Waals surface area (Å²) >= 11 is 0. The van der Waals surface area contributed by atoms with Crippen molar-refractivity contribution in [3.05, 3.63) is 0 Å². The van der Waals surface area contributed by atoms with E-state index in [1.54, 1.807) is 0 Å². The fraction of sp³-hybridized carbons (Fsp3) is 1.00. The number of hydrogen-bond acceptors (Lipinski definition) is 3. The lowest BCUT2D eigenvalue weighted by Crippen LogP contribution is -2.28. The molecule has 0 aliphatic carbocycles. The fourth-order valence-electron chi connectivity index (χ4n) is 1.40. The van der Waals surface area contributed by atoms with Crippen molar-refractivity contribution < 1.29 is 9.47 Å². The first kappa shape index (κ1) is 17.9. The fourth-order valence-corrected chi connectivity index (χ4v) is 1.40. The molecule has 18 heavy (non-hydrogen) atoms. The van der Waals surface area contributed by atoms with Crippen LogP contribution in [0.3, 0.4) is 0 Å². The van der Waals surface area contributed by atoms with Gasteiger partial charge in [0.25, 0.3) is 0 Å². The standard InChI is InChI=1S/C15H33NO2/c1-14(2,3)13-16-9-7-10-17-11-8-12-18-15(4,5)6/h16H,7-13H2,1-6H3. The normalized spacial score (nSPS) is 13.0. The Bertz CT molecular complexity index is 170. The molecule has 0 saturated carbocycles. The number of hydrogen-bond donors (Lipinski definition) is 1. The molecule has 1 N–H and O–H groups in total. The lowest BCUT2D eigenvalue weighted by molar-refractivity contribution is -0.0139. The summed E-state index contributed by atoms with van der Waals surface area (Å²) in [5.74, 6) is 0. The molecule has 0 saturated heterocycles. The molecule has 0 aliphatic rings. The Morgan fingerprint density at radius 2 is 1.44 bits per heavy atom. The van der Waals surface area contributed by atoms with Gasteiger partial charge in [-0.2, -0.15) is 0 Å². The zero-order valence-electron chi connectivity index (χ0n) is 13.3. The van der Waals surface area contributed by atoms with Crippen LogP contribution in [-0.2, 0) is 9.47 Å². The number of nitrogens with one attached hydrogen (secondary N) is 1. The quantitative estimate of drug-likeness (QED) is 0.645. The predicted octanol–water partition coefficient (Wildman–Crippen LogP) is 3.23. The van der Waals surface area contributed by atoms with E-state index in [1.165, 1.54) is 0 Å². The van der Waals surface area contributed by atoms with Crippen LogP contribution in [0.2, 0.25) is 0 Å². The summed E-state index contributed by atoms with van der Waals surface area (Å²) in [4.78, 5) is 0. The van der Waals surface area contributed by atoms with Crippen molar-refractivity contribution in [2.75, 3.05) is 32.9 Å². The summed E-state index contributed by atoms with van der Waals surface area (Å²) < 4.78 is 11.2. The summed E-state index contributed by atoms with van der Waals surface area (Å²) in [7, 11) is 0. The van der Waals surface area contributed by atoms with Gasteiger partial charge in [-0.15, -0.1) is 0 Å². The molecule has 0 aromatic carbocycles. The minimum Gasteiger partial charge on any atom is -0.381 e. The predicted molar refractivity (Wildman–Crippen MR) is 78.1 cm³/mol. The summed E-state index contributed by atoms with van der Waals surface area (Å²) in [6.07, 6.45) is 2.06. The van der Waals surface area contributed by atoms with Gasteiger partial charge < -0.3 is 14.8 Å². The highest BCUT2D eigenvalue weighted by molar-refractivity contribution is 4.64. The second-order valence-corrected chi connectivity index (χ2v) is 7.02. The topological polar surface area (TPSA) is 30.5 Å². The van der Waals surface area contributed by atoms with Crippen molar-refractivity contribution in [2.24, 2.45) is 5.41 Å². The van der Waals surface area contributed by atoms with Crippen LogP contribution in [0, 0.1) is 5.41 Å². The van der Waals surface area contributed by atoms with Crippen LogP contribution < -0.4 is 5.32 Å². The molecule has 0 rings (SSSR count). The molecule has 0 aromatic heterocycles. The summed E-state index contributed by atoms with van der Waals surface area (Å²) in [6, 6.07) is 0. The molecule has 0 unspecified atom stereocenters. The highest BCUT2D eigenvalue weighted by atomic mass is 16.5. The van der Waals surface area contributed by atoms with E-state index in [-0.39, 0.29) is 5.60 Å². The van der Waals surface area contributed by atoms with Crippen molar-refractivity contribution in [1.29, 1.82) is 0 Å². The van der Waals surface area contributed by atoms with E-state index >= 15 is 0 Å². The van der Waals surface area contributed by atoms with E-state index in [0.29, 0.717) is 5.41 Å². The van der Waals surface area contributed by atoms with E-state index < -0.39 is 0 Å². The van der Waals surface area contributed by atoms with E-state index in [9.17, 15) is 0 Å². The van der Waals surface area contributed by atoms with Gasteiger partial charge in [0.15, 0.2) is 0 Å². The molecular formula is C15H33NO2. The zero-order chi connectivity index (χ0) is 14.1. The van der Waals surface area contributed by atoms with Gasteiger partial charge in [0.05, 0.1) is 5.60 Å².